The number of hydrogen-bond acceptors (Lipinski definition) is 7. The minimum absolute atomic E-state index is 0.108. The second kappa shape index (κ2) is 7.31. The lowest BCUT2D eigenvalue weighted by Crippen LogP contribution is -2.35. The van der Waals surface area contributed by atoms with Crippen molar-refractivity contribution in [3.05, 3.63) is 84.2 Å². The van der Waals surface area contributed by atoms with Gasteiger partial charge in [-0.25, -0.2) is 4.98 Å². The van der Waals surface area contributed by atoms with E-state index in [9.17, 15) is 4.79 Å². The number of nitrogens with zero attached hydrogens (tertiary/aromatic N) is 2. The number of aromatic amines is 1. The molecule has 0 bridgehead atoms. The van der Waals surface area contributed by atoms with E-state index < -0.39 is 0 Å². The minimum Gasteiger partial charge on any atom is -0.464 e. The Balaban J connectivity index is 1.38. The van der Waals surface area contributed by atoms with E-state index >= 15 is 0 Å². The highest BCUT2D eigenvalue weighted by molar-refractivity contribution is 7.17. The monoisotopic (exact) mass is 451 g/mol. The van der Waals surface area contributed by atoms with Crippen LogP contribution in [0.2, 0.25) is 0 Å². The highest BCUT2D eigenvalue weighted by atomic mass is 32.1. The molecule has 0 aliphatic carbocycles. The Morgan fingerprint density at radius 3 is 2.97 bits per heavy atom. The maximum atomic E-state index is 12.9. The molecular formula is C22H17N3O2S3. The minimum atomic E-state index is -0.108. The fourth-order valence-electron chi connectivity index (χ4n) is 4.19. The summed E-state index contributed by atoms with van der Waals surface area (Å²) in [4.78, 5) is 26.7. The quantitative estimate of drug-likeness (QED) is 0.391. The van der Waals surface area contributed by atoms with Gasteiger partial charge in [0, 0.05) is 27.2 Å². The van der Waals surface area contributed by atoms with Gasteiger partial charge in [-0.1, -0.05) is 6.07 Å². The molecule has 1 aliphatic rings. The van der Waals surface area contributed by atoms with E-state index in [-0.39, 0.29) is 11.6 Å². The van der Waals surface area contributed by atoms with Crippen LogP contribution in [0.25, 0.3) is 21.5 Å². The summed E-state index contributed by atoms with van der Waals surface area (Å²) < 4.78 is 5.49. The van der Waals surface area contributed by atoms with Gasteiger partial charge in [-0.05, 0) is 47.0 Å². The van der Waals surface area contributed by atoms with Gasteiger partial charge in [0.15, 0.2) is 0 Å². The van der Waals surface area contributed by atoms with Gasteiger partial charge < -0.3 is 9.40 Å². The normalized spacial score (nSPS) is 16.9. The molecule has 5 nitrogen and oxygen atoms in total. The van der Waals surface area contributed by atoms with Crippen molar-refractivity contribution < 1.29 is 4.42 Å². The first kappa shape index (κ1) is 18.3. The molecule has 30 heavy (non-hydrogen) atoms. The van der Waals surface area contributed by atoms with Crippen molar-refractivity contribution in [3.8, 4) is 11.3 Å². The van der Waals surface area contributed by atoms with Gasteiger partial charge in [0.25, 0.3) is 5.56 Å². The van der Waals surface area contributed by atoms with Crippen LogP contribution in [0.1, 0.15) is 27.2 Å². The molecule has 0 fully saturated rings. The first-order valence-electron chi connectivity index (χ1n) is 9.66. The van der Waals surface area contributed by atoms with Crippen molar-refractivity contribution >= 4 is 44.2 Å². The summed E-state index contributed by atoms with van der Waals surface area (Å²) in [6.45, 7) is 1.55. The zero-order valence-corrected chi connectivity index (χ0v) is 18.3. The van der Waals surface area contributed by atoms with Crippen molar-refractivity contribution in [2.75, 3.05) is 6.54 Å². The zero-order valence-electron chi connectivity index (χ0n) is 15.8. The van der Waals surface area contributed by atoms with E-state index in [0.29, 0.717) is 23.5 Å². The second-order valence-electron chi connectivity index (χ2n) is 7.26. The van der Waals surface area contributed by atoms with Gasteiger partial charge >= 0.3 is 0 Å². The third-order valence-electron chi connectivity index (χ3n) is 5.51. The average Bonchev–Trinajstić information content (AvgIpc) is 3.54. The molecule has 1 aliphatic heterocycles. The van der Waals surface area contributed by atoms with Gasteiger partial charge in [-0.15, -0.1) is 34.0 Å². The number of H-pyrrole nitrogens is 1. The number of nitrogens with one attached hydrogen (secondary N) is 1. The maximum absolute atomic E-state index is 12.9. The summed E-state index contributed by atoms with van der Waals surface area (Å²) in [5.41, 5.74) is 2.08. The molecule has 1 atom stereocenters. The van der Waals surface area contributed by atoms with E-state index in [0.717, 1.165) is 23.4 Å². The Labute approximate surface area is 184 Å². The lowest BCUT2D eigenvalue weighted by atomic mass is 9.98. The molecule has 1 N–H and O–H groups in total. The van der Waals surface area contributed by atoms with Crippen molar-refractivity contribution in [1.29, 1.82) is 0 Å². The standard InChI is InChI=1S/C22H17N3O2S3/c26-21-19-14(15-3-1-8-27-15)12-30-22(19)24-18(23-21)11-25-7-5-16-13(6-10-29-16)20(25)17-4-2-9-28-17/h1-4,6,8-10,12,20H,5,7,11H2,(H,23,24,26). The van der Waals surface area contributed by atoms with Crippen LogP contribution in [-0.2, 0) is 13.0 Å². The molecule has 6 rings (SSSR count). The smallest absolute Gasteiger partial charge is 0.260 e. The largest absolute Gasteiger partial charge is 0.464 e. The van der Waals surface area contributed by atoms with Crippen LogP contribution in [0.15, 0.2) is 61.9 Å². The Hall–Kier alpha value is -2.52. The van der Waals surface area contributed by atoms with E-state index in [2.05, 4.69) is 38.8 Å². The highest BCUT2D eigenvalue weighted by Gasteiger charge is 2.31. The number of aromatic nitrogens is 2. The summed E-state index contributed by atoms with van der Waals surface area (Å²) in [5, 5.41) is 6.86. The average molecular weight is 452 g/mol. The van der Waals surface area contributed by atoms with Crippen LogP contribution < -0.4 is 5.56 Å². The molecule has 1 unspecified atom stereocenters. The molecule has 0 spiro atoms. The van der Waals surface area contributed by atoms with Crippen LogP contribution in [0, 0.1) is 0 Å². The van der Waals surface area contributed by atoms with Crippen molar-refractivity contribution in [2.24, 2.45) is 0 Å². The number of fused-ring (bicyclic) bond motifs is 2. The van der Waals surface area contributed by atoms with Gasteiger partial charge in [-0.3, -0.25) is 9.69 Å². The molecule has 0 amide bonds. The van der Waals surface area contributed by atoms with Gasteiger partial charge in [-0.2, -0.15) is 0 Å². The molecule has 0 saturated heterocycles. The fourth-order valence-corrected chi connectivity index (χ4v) is 6.92. The van der Waals surface area contributed by atoms with Crippen molar-refractivity contribution in [3.63, 3.8) is 0 Å². The van der Waals surface area contributed by atoms with Crippen LogP contribution >= 0.6 is 34.0 Å². The molecule has 6 heterocycles. The Morgan fingerprint density at radius 1 is 1.17 bits per heavy atom. The molecule has 5 aromatic rings. The second-order valence-corrected chi connectivity index (χ2v) is 10.1. The van der Waals surface area contributed by atoms with Crippen LogP contribution in [0.3, 0.4) is 0 Å². The first-order valence-corrected chi connectivity index (χ1v) is 12.3. The van der Waals surface area contributed by atoms with Crippen molar-refractivity contribution in [1.82, 2.24) is 14.9 Å². The lowest BCUT2D eigenvalue weighted by Gasteiger charge is -2.35. The SMILES string of the molecule is O=c1[nH]c(CN2CCc3sccc3C2c2cccs2)nc2scc(-c3ccco3)c12. The highest BCUT2D eigenvalue weighted by Crippen LogP contribution is 2.40. The van der Waals surface area contributed by atoms with Crippen molar-refractivity contribution in [2.45, 2.75) is 19.0 Å². The first-order chi connectivity index (χ1) is 14.8. The van der Waals surface area contributed by atoms with Crippen LogP contribution in [0.4, 0.5) is 0 Å². The van der Waals surface area contributed by atoms with Gasteiger partial charge in [0.2, 0.25) is 0 Å². The summed E-state index contributed by atoms with van der Waals surface area (Å²) >= 11 is 5.10. The van der Waals surface area contributed by atoms with Crippen LogP contribution in [0.5, 0.6) is 0 Å². The third kappa shape index (κ3) is 2.99. The fraction of sp³-hybridized carbons (Fsp3) is 0.182. The topological polar surface area (TPSA) is 62.1 Å². The molecule has 150 valence electrons. The molecule has 8 heteroatoms. The van der Waals surface area contributed by atoms with E-state index in [1.807, 2.05) is 28.8 Å². The number of hydrogen-bond donors (Lipinski definition) is 1. The van der Waals surface area contributed by atoms with Gasteiger partial charge in [0.05, 0.1) is 24.2 Å². The van der Waals surface area contributed by atoms with E-state index in [1.165, 1.54) is 26.7 Å². The predicted octanol–water partition coefficient (Wildman–Crippen LogP) is 5.52. The Morgan fingerprint density at radius 2 is 2.13 bits per heavy atom. The molecule has 0 aromatic carbocycles. The molecule has 5 aromatic heterocycles. The zero-order chi connectivity index (χ0) is 20.1. The summed E-state index contributed by atoms with van der Waals surface area (Å²) in [5.74, 6) is 1.40. The molecule has 0 radical (unpaired) electrons. The number of thiophene rings is 3. The molecular weight excluding hydrogens is 434 g/mol. The van der Waals surface area contributed by atoms with Gasteiger partial charge in [0.1, 0.15) is 16.4 Å². The number of furan rings is 1. The Bertz CT molecular complexity index is 1360. The number of rotatable bonds is 4. The Kier molecular flexibility index (Phi) is 4.45. The lowest BCUT2D eigenvalue weighted by molar-refractivity contribution is 0.204. The summed E-state index contributed by atoms with van der Waals surface area (Å²) in [6.07, 6.45) is 2.65. The summed E-state index contributed by atoms with van der Waals surface area (Å²) in [7, 11) is 0. The third-order valence-corrected chi connectivity index (χ3v) is 8.30. The van der Waals surface area contributed by atoms with Crippen LogP contribution in [-0.4, -0.2) is 21.4 Å². The maximum Gasteiger partial charge on any atom is 0.260 e. The van der Waals surface area contributed by atoms with E-state index in [4.69, 9.17) is 9.40 Å². The van der Waals surface area contributed by atoms with E-state index in [1.54, 1.807) is 17.6 Å². The predicted molar refractivity (Wildman–Crippen MR) is 123 cm³/mol. The summed E-state index contributed by atoms with van der Waals surface area (Å²) in [6, 6.07) is 10.4. The molecule has 0 saturated carbocycles.